The number of para-hydroxylation sites is 1. The van der Waals surface area contributed by atoms with E-state index in [2.05, 4.69) is 15.3 Å². The van der Waals surface area contributed by atoms with Gasteiger partial charge in [0.15, 0.2) is 11.5 Å². The van der Waals surface area contributed by atoms with E-state index in [-0.39, 0.29) is 6.79 Å². The van der Waals surface area contributed by atoms with Gasteiger partial charge in [-0.2, -0.15) is 0 Å². The van der Waals surface area contributed by atoms with Crippen molar-refractivity contribution in [2.24, 2.45) is 0 Å². The Kier molecular flexibility index (Phi) is 3.81. The third-order valence-corrected chi connectivity index (χ3v) is 3.97. The zero-order chi connectivity index (χ0) is 17.2. The maximum atomic E-state index is 11.9. The smallest absolute Gasteiger partial charge is 0.340 e. The van der Waals surface area contributed by atoms with Crippen LogP contribution in [0.4, 0.5) is 5.82 Å². The highest BCUT2D eigenvalue weighted by molar-refractivity contribution is 6.05. The van der Waals surface area contributed by atoms with Crippen LogP contribution < -0.4 is 14.8 Å². The van der Waals surface area contributed by atoms with E-state index in [1.165, 1.54) is 13.4 Å². The van der Waals surface area contributed by atoms with Gasteiger partial charge in [-0.25, -0.2) is 14.8 Å². The van der Waals surface area contributed by atoms with Crippen LogP contribution in [-0.2, 0) is 11.3 Å². The summed E-state index contributed by atoms with van der Waals surface area (Å²) in [5.41, 5.74) is 1.99. The van der Waals surface area contributed by atoms with Crippen molar-refractivity contribution in [2.45, 2.75) is 6.54 Å². The van der Waals surface area contributed by atoms with Crippen molar-refractivity contribution in [3.63, 3.8) is 0 Å². The van der Waals surface area contributed by atoms with Gasteiger partial charge in [0.05, 0.1) is 18.2 Å². The molecule has 2 heterocycles. The monoisotopic (exact) mass is 337 g/mol. The SMILES string of the molecule is COC(=O)c1cccc2c(NCc3ccc4c(c3)OCO4)ncnc12. The number of hydrogen-bond donors (Lipinski definition) is 1. The van der Waals surface area contributed by atoms with Crippen molar-refractivity contribution < 1.29 is 19.0 Å². The lowest BCUT2D eigenvalue weighted by molar-refractivity contribution is 0.0602. The standard InChI is InChI=1S/C18H15N3O4/c1-23-18(22)13-4-2-3-12-16(13)20-9-21-17(12)19-8-11-5-6-14-15(7-11)25-10-24-14/h2-7,9H,8,10H2,1H3,(H,19,20,21). The minimum absolute atomic E-state index is 0.249. The van der Waals surface area contributed by atoms with Gasteiger partial charge in [0.1, 0.15) is 12.1 Å². The molecule has 4 rings (SSSR count). The number of methoxy groups -OCH3 is 1. The second kappa shape index (κ2) is 6.27. The van der Waals surface area contributed by atoms with Gasteiger partial charge in [0, 0.05) is 11.9 Å². The second-order valence-corrected chi connectivity index (χ2v) is 5.46. The first kappa shape index (κ1) is 15.2. The molecule has 1 aliphatic heterocycles. The predicted molar refractivity (Wildman–Crippen MR) is 90.8 cm³/mol. The van der Waals surface area contributed by atoms with Crippen LogP contribution in [0.25, 0.3) is 10.9 Å². The Morgan fingerprint density at radius 3 is 2.96 bits per heavy atom. The summed E-state index contributed by atoms with van der Waals surface area (Å²) < 4.78 is 15.5. The Morgan fingerprint density at radius 2 is 2.08 bits per heavy atom. The fourth-order valence-electron chi connectivity index (χ4n) is 2.74. The Hall–Kier alpha value is -3.35. The first-order valence-electron chi connectivity index (χ1n) is 7.70. The molecule has 0 amide bonds. The average molecular weight is 337 g/mol. The van der Waals surface area contributed by atoms with Crippen LogP contribution in [-0.4, -0.2) is 29.8 Å². The Labute approximate surface area is 143 Å². The van der Waals surface area contributed by atoms with Gasteiger partial charge in [0.2, 0.25) is 6.79 Å². The molecule has 0 fully saturated rings. The molecule has 3 aromatic rings. The molecular weight excluding hydrogens is 322 g/mol. The highest BCUT2D eigenvalue weighted by atomic mass is 16.7. The quantitative estimate of drug-likeness (QED) is 0.733. The zero-order valence-corrected chi connectivity index (χ0v) is 13.5. The first-order valence-corrected chi connectivity index (χ1v) is 7.70. The summed E-state index contributed by atoms with van der Waals surface area (Å²) in [5, 5.41) is 4.04. The first-order chi connectivity index (χ1) is 12.3. The Bertz CT molecular complexity index is 958. The van der Waals surface area contributed by atoms with E-state index in [4.69, 9.17) is 14.2 Å². The second-order valence-electron chi connectivity index (χ2n) is 5.46. The number of anilines is 1. The lowest BCUT2D eigenvalue weighted by Crippen LogP contribution is -2.06. The molecule has 0 spiro atoms. The number of carbonyl (C=O) groups excluding carboxylic acids is 1. The molecule has 25 heavy (non-hydrogen) atoms. The van der Waals surface area contributed by atoms with Crippen molar-refractivity contribution in [1.29, 1.82) is 0 Å². The van der Waals surface area contributed by atoms with Crippen LogP contribution in [0.2, 0.25) is 0 Å². The van der Waals surface area contributed by atoms with Crippen LogP contribution in [0.15, 0.2) is 42.7 Å². The lowest BCUT2D eigenvalue weighted by atomic mass is 10.1. The molecule has 7 nitrogen and oxygen atoms in total. The number of rotatable bonds is 4. The predicted octanol–water partition coefficient (Wildman–Crippen LogP) is 2.76. The molecule has 2 aromatic carbocycles. The van der Waals surface area contributed by atoms with Gasteiger partial charge in [-0.1, -0.05) is 12.1 Å². The minimum atomic E-state index is -0.425. The molecule has 1 aromatic heterocycles. The van der Waals surface area contributed by atoms with Crippen LogP contribution in [0.5, 0.6) is 11.5 Å². The fourth-order valence-corrected chi connectivity index (χ4v) is 2.74. The van der Waals surface area contributed by atoms with Gasteiger partial charge >= 0.3 is 5.97 Å². The van der Waals surface area contributed by atoms with Crippen molar-refractivity contribution in [3.05, 3.63) is 53.9 Å². The van der Waals surface area contributed by atoms with E-state index in [9.17, 15) is 4.79 Å². The number of esters is 1. The number of carbonyl (C=O) groups is 1. The fraction of sp³-hybridized carbons (Fsp3) is 0.167. The van der Waals surface area contributed by atoms with E-state index in [0.29, 0.717) is 23.4 Å². The zero-order valence-electron chi connectivity index (χ0n) is 13.5. The van der Waals surface area contributed by atoms with Crippen LogP contribution in [0, 0.1) is 0 Å². The summed E-state index contributed by atoms with van der Waals surface area (Å²) in [4.78, 5) is 20.4. The van der Waals surface area contributed by atoms with Gasteiger partial charge < -0.3 is 19.5 Å². The van der Waals surface area contributed by atoms with Crippen molar-refractivity contribution in [2.75, 3.05) is 19.2 Å². The molecule has 1 aliphatic rings. The molecule has 0 aliphatic carbocycles. The highest BCUT2D eigenvalue weighted by Gasteiger charge is 2.15. The summed E-state index contributed by atoms with van der Waals surface area (Å²) >= 11 is 0. The van der Waals surface area contributed by atoms with E-state index < -0.39 is 5.97 Å². The molecule has 0 atom stereocenters. The topological polar surface area (TPSA) is 82.6 Å². The number of nitrogens with one attached hydrogen (secondary N) is 1. The number of ether oxygens (including phenoxy) is 3. The normalized spacial score (nSPS) is 12.2. The molecular formula is C18H15N3O4. The summed E-state index contributed by atoms with van der Waals surface area (Å²) in [7, 11) is 1.35. The van der Waals surface area contributed by atoms with Gasteiger partial charge in [-0.15, -0.1) is 0 Å². The van der Waals surface area contributed by atoms with E-state index >= 15 is 0 Å². The minimum Gasteiger partial charge on any atom is -0.465 e. The highest BCUT2D eigenvalue weighted by Crippen LogP contribution is 2.32. The molecule has 126 valence electrons. The van der Waals surface area contributed by atoms with Gasteiger partial charge in [-0.3, -0.25) is 0 Å². The summed E-state index contributed by atoms with van der Waals surface area (Å²) in [6.07, 6.45) is 1.43. The van der Waals surface area contributed by atoms with Crippen molar-refractivity contribution >= 4 is 22.7 Å². The molecule has 1 N–H and O–H groups in total. The van der Waals surface area contributed by atoms with Crippen LogP contribution in [0.3, 0.4) is 0 Å². The van der Waals surface area contributed by atoms with E-state index in [1.807, 2.05) is 24.3 Å². The average Bonchev–Trinajstić information content (AvgIpc) is 3.13. The summed E-state index contributed by atoms with van der Waals surface area (Å²) in [6.45, 7) is 0.796. The van der Waals surface area contributed by atoms with Crippen LogP contribution >= 0.6 is 0 Å². The number of nitrogens with zero attached hydrogens (tertiary/aromatic N) is 2. The van der Waals surface area contributed by atoms with Crippen molar-refractivity contribution in [1.82, 2.24) is 9.97 Å². The summed E-state index contributed by atoms with van der Waals surface area (Å²) in [6, 6.07) is 11.1. The Morgan fingerprint density at radius 1 is 1.20 bits per heavy atom. The number of benzene rings is 2. The molecule has 7 heteroatoms. The maximum Gasteiger partial charge on any atom is 0.340 e. The van der Waals surface area contributed by atoms with Crippen LogP contribution in [0.1, 0.15) is 15.9 Å². The maximum absolute atomic E-state index is 11.9. The Balaban J connectivity index is 1.62. The number of hydrogen-bond acceptors (Lipinski definition) is 7. The van der Waals surface area contributed by atoms with Crippen molar-refractivity contribution in [3.8, 4) is 11.5 Å². The lowest BCUT2D eigenvalue weighted by Gasteiger charge is -2.10. The largest absolute Gasteiger partial charge is 0.465 e. The number of aromatic nitrogens is 2. The number of fused-ring (bicyclic) bond motifs is 2. The van der Waals surface area contributed by atoms with E-state index in [1.54, 1.807) is 12.1 Å². The summed E-state index contributed by atoms with van der Waals surface area (Å²) in [5.74, 6) is 1.71. The molecule has 0 saturated heterocycles. The third kappa shape index (κ3) is 2.80. The molecule has 0 radical (unpaired) electrons. The molecule has 0 unspecified atom stereocenters. The molecule has 0 saturated carbocycles. The van der Waals surface area contributed by atoms with Gasteiger partial charge in [-0.05, 0) is 29.8 Å². The van der Waals surface area contributed by atoms with E-state index in [0.717, 1.165) is 22.4 Å². The third-order valence-electron chi connectivity index (χ3n) is 3.97. The molecule has 0 bridgehead atoms. The van der Waals surface area contributed by atoms with Gasteiger partial charge in [0.25, 0.3) is 0 Å².